The molecule has 1 aromatic rings. The number of amides is 1. The number of hydrogen-bond acceptors (Lipinski definition) is 5. The average Bonchev–Trinajstić information content (AvgIpc) is 2.99. The third-order valence-corrected chi connectivity index (χ3v) is 5.41. The van der Waals surface area contributed by atoms with Crippen LogP contribution in [-0.4, -0.2) is 70.2 Å². The molecule has 1 aromatic heterocycles. The normalized spacial score (nSPS) is 33.8. The summed E-state index contributed by atoms with van der Waals surface area (Å²) in [5, 5.41) is 18.1. The van der Waals surface area contributed by atoms with Crippen molar-refractivity contribution in [1.82, 2.24) is 20.0 Å². The maximum Gasteiger partial charge on any atom is 0.257 e. The molecule has 24 heavy (non-hydrogen) atoms. The number of piperidine rings is 1. The van der Waals surface area contributed by atoms with E-state index >= 15 is 0 Å². The minimum atomic E-state index is -0.840. The van der Waals surface area contributed by atoms with E-state index in [-0.39, 0.29) is 24.0 Å². The van der Waals surface area contributed by atoms with Crippen molar-refractivity contribution in [2.24, 2.45) is 5.92 Å². The van der Waals surface area contributed by atoms with Crippen LogP contribution in [0.5, 0.6) is 0 Å². The Morgan fingerprint density at radius 2 is 2.38 bits per heavy atom. The van der Waals surface area contributed by atoms with Crippen molar-refractivity contribution in [3.8, 4) is 0 Å². The Kier molecular flexibility index (Phi) is 4.94. The molecule has 3 rings (SSSR count). The van der Waals surface area contributed by atoms with Gasteiger partial charge in [-0.1, -0.05) is 0 Å². The van der Waals surface area contributed by atoms with Gasteiger partial charge in [0, 0.05) is 31.7 Å². The molecule has 2 N–H and O–H groups in total. The number of likely N-dealkylation sites (N-methyl/N-ethyl adjacent to an activating group) is 1. The fourth-order valence-corrected chi connectivity index (χ4v) is 3.91. The number of rotatable bonds is 3. The molecule has 2 aliphatic rings. The van der Waals surface area contributed by atoms with Gasteiger partial charge in [-0.15, -0.1) is 0 Å². The smallest absolute Gasteiger partial charge is 0.257 e. The number of nitrogens with zero attached hydrogens (tertiary/aromatic N) is 3. The van der Waals surface area contributed by atoms with Gasteiger partial charge in [-0.25, -0.2) is 0 Å². The lowest BCUT2D eigenvalue weighted by atomic mass is 9.82. The quantitative estimate of drug-likeness (QED) is 0.840. The van der Waals surface area contributed by atoms with Gasteiger partial charge in [0.2, 0.25) is 0 Å². The topological polar surface area (TPSA) is 79.6 Å². The Balaban J connectivity index is 1.71. The summed E-state index contributed by atoms with van der Waals surface area (Å²) in [4.78, 5) is 14.6. The van der Waals surface area contributed by atoms with Gasteiger partial charge >= 0.3 is 0 Å². The van der Waals surface area contributed by atoms with E-state index in [1.54, 1.807) is 17.1 Å². The van der Waals surface area contributed by atoms with Gasteiger partial charge in [-0.3, -0.25) is 9.48 Å². The Labute approximate surface area is 143 Å². The molecule has 2 aliphatic heterocycles. The Hall–Kier alpha value is -1.44. The van der Waals surface area contributed by atoms with Crippen molar-refractivity contribution < 1.29 is 14.6 Å². The van der Waals surface area contributed by atoms with Crippen molar-refractivity contribution in [3.63, 3.8) is 0 Å². The Bertz CT molecular complexity index is 586. The predicted molar refractivity (Wildman–Crippen MR) is 89.7 cm³/mol. The number of carbonyl (C=O) groups excluding carboxylic acids is 1. The first-order valence-electron chi connectivity index (χ1n) is 8.77. The summed E-state index contributed by atoms with van der Waals surface area (Å²) in [7, 11) is 1.85. The third-order valence-electron chi connectivity index (χ3n) is 5.41. The van der Waals surface area contributed by atoms with Gasteiger partial charge in [-0.05, 0) is 33.7 Å². The molecule has 4 atom stereocenters. The molecular formula is C17H28N4O3. The number of ether oxygens (including phenoxy) is 1. The number of aryl methyl sites for hydroxylation is 1. The summed E-state index contributed by atoms with van der Waals surface area (Å²) in [5.41, 5.74) is -0.211. The van der Waals surface area contributed by atoms with Crippen LogP contribution in [0, 0.1) is 5.92 Å². The van der Waals surface area contributed by atoms with E-state index < -0.39 is 5.60 Å². The molecule has 2 saturated heterocycles. The van der Waals surface area contributed by atoms with E-state index in [4.69, 9.17) is 4.74 Å². The number of carbonyl (C=O) groups is 1. The number of aliphatic hydroxyl groups is 1. The van der Waals surface area contributed by atoms with Gasteiger partial charge in [0.25, 0.3) is 5.91 Å². The monoisotopic (exact) mass is 336 g/mol. The molecule has 0 radical (unpaired) electrons. The molecule has 0 saturated carbocycles. The Morgan fingerprint density at radius 1 is 1.58 bits per heavy atom. The first-order valence-corrected chi connectivity index (χ1v) is 8.77. The van der Waals surface area contributed by atoms with Crippen LogP contribution in [-0.2, 0) is 11.3 Å². The van der Waals surface area contributed by atoms with Crippen LogP contribution in [0.3, 0.4) is 0 Å². The van der Waals surface area contributed by atoms with Gasteiger partial charge in [0.1, 0.15) is 0 Å². The zero-order valence-electron chi connectivity index (χ0n) is 14.7. The summed E-state index contributed by atoms with van der Waals surface area (Å²) in [6, 6.07) is -0.0879. The SMILES string of the molecule is CCn1cc(C(=O)N2CC[C@H]3OC[C@@H](NC)[C@](C)(O)C[C@H]3C2)cn1. The molecule has 0 aliphatic carbocycles. The highest BCUT2D eigenvalue weighted by atomic mass is 16.5. The Morgan fingerprint density at radius 3 is 3.04 bits per heavy atom. The van der Waals surface area contributed by atoms with Gasteiger partial charge < -0.3 is 20.1 Å². The zero-order chi connectivity index (χ0) is 17.3. The minimum Gasteiger partial charge on any atom is -0.388 e. The number of fused-ring (bicyclic) bond motifs is 1. The van der Waals surface area contributed by atoms with Crippen LogP contribution in [0.1, 0.15) is 37.0 Å². The summed E-state index contributed by atoms with van der Waals surface area (Å²) in [6.07, 6.45) is 4.98. The molecule has 7 heteroatoms. The van der Waals surface area contributed by atoms with E-state index in [2.05, 4.69) is 10.4 Å². The first kappa shape index (κ1) is 17.4. The van der Waals surface area contributed by atoms with Crippen LogP contribution < -0.4 is 5.32 Å². The molecule has 0 aromatic carbocycles. The summed E-state index contributed by atoms with van der Waals surface area (Å²) in [5.74, 6) is 0.166. The molecule has 0 bridgehead atoms. The average molecular weight is 336 g/mol. The van der Waals surface area contributed by atoms with Crippen molar-refractivity contribution in [2.75, 3.05) is 26.7 Å². The lowest BCUT2D eigenvalue weighted by Crippen LogP contribution is -2.51. The van der Waals surface area contributed by atoms with Crippen LogP contribution in [0.4, 0.5) is 0 Å². The number of aromatic nitrogens is 2. The second-order valence-electron chi connectivity index (χ2n) is 7.16. The summed E-state index contributed by atoms with van der Waals surface area (Å²) in [6.45, 7) is 6.40. The fourth-order valence-electron chi connectivity index (χ4n) is 3.91. The first-order chi connectivity index (χ1) is 11.4. The van der Waals surface area contributed by atoms with E-state index in [0.717, 1.165) is 13.0 Å². The summed E-state index contributed by atoms with van der Waals surface area (Å²) < 4.78 is 7.79. The van der Waals surface area contributed by atoms with E-state index in [0.29, 0.717) is 31.7 Å². The van der Waals surface area contributed by atoms with Crippen LogP contribution >= 0.6 is 0 Å². The van der Waals surface area contributed by atoms with Gasteiger partial charge in [0.15, 0.2) is 0 Å². The molecule has 0 unspecified atom stereocenters. The van der Waals surface area contributed by atoms with Crippen molar-refractivity contribution in [3.05, 3.63) is 18.0 Å². The van der Waals surface area contributed by atoms with Crippen LogP contribution in [0.25, 0.3) is 0 Å². The molecule has 134 valence electrons. The maximum atomic E-state index is 12.7. The van der Waals surface area contributed by atoms with Crippen LogP contribution in [0.15, 0.2) is 12.4 Å². The highest BCUT2D eigenvalue weighted by Crippen LogP contribution is 2.33. The van der Waals surface area contributed by atoms with Crippen molar-refractivity contribution in [1.29, 1.82) is 0 Å². The molecular weight excluding hydrogens is 308 g/mol. The van der Waals surface area contributed by atoms with Crippen LogP contribution in [0.2, 0.25) is 0 Å². The lowest BCUT2D eigenvalue weighted by Gasteiger charge is -2.39. The van der Waals surface area contributed by atoms with Crippen molar-refractivity contribution in [2.45, 2.75) is 51.0 Å². The molecule has 7 nitrogen and oxygen atoms in total. The molecule has 0 spiro atoms. The predicted octanol–water partition coefficient (Wildman–Crippen LogP) is 0.493. The minimum absolute atomic E-state index is 0.0159. The highest BCUT2D eigenvalue weighted by molar-refractivity contribution is 5.93. The van der Waals surface area contributed by atoms with Gasteiger partial charge in [-0.2, -0.15) is 5.10 Å². The number of nitrogens with one attached hydrogen (secondary N) is 1. The molecule has 3 heterocycles. The maximum absolute atomic E-state index is 12.7. The number of likely N-dealkylation sites (tertiary alicyclic amines) is 1. The third kappa shape index (κ3) is 3.34. The largest absolute Gasteiger partial charge is 0.388 e. The zero-order valence-corrected chi connectivity index (χ0v) is 14.7. The number of hydrogen-bond donors (Lipinski definition) is 2. The fraction of sp³-hybridized carbons (Fsp3) is 0.765. The van der Waals surface area contributed by atoms with Crippen molar-refractivity contribution >= 4 is 5.91 Å². The van der Waals surface area contributed by atoms with E-state index in [1.807, 2.05) is 25.8 Å². The second-order valence-corrected chi connectivity index (χ2v) is 7.16. The highest BCUT2D eigenvalue weighted by Gasteiger charge is 2.43. The van der Waals surface area contributed by atoms with E-state index in [1.165, 1.54) is 0 Å². The lowest BCUT2D eigenvalue weighted by molar-refractivity contribution is -0.0217. The molecule has 1 amide bonds. The van der Waals surface area contributed by atoms with Gasteiger partial charge in [0.05, 0.1) is 36.1 Å². The second kappa shape index (κ2) is 6.82. The summed E-state index contributed by atoms with van der Waals surface area (Å²) >= 11 is 0. The van der Waals surface area contributed by atoms with E-state index in [9.17, 15) is 9.90 Å². The standard InChI is InChI=1S/C17H28N4O3/c1-4-21-10-13(8-19-21)16(22)20-6-5-14-12(9-20)7-17(2,23)15(18-3)11-24-14/h8,10,12,14-15,18,23H,4-7,9,11H2,1-3H3/t12-,14+,15+,17+/m0/s1. The molecule has 2 fully saturated rings.